The second kappa shape index (κ2) is 23.5. The van der Waals surface area contributed by atoms with Crippen LogP contribution in [0.3, 0.4) is 0 Å². The maximum atomic E-state index is 14.1. The number of carboxylic acid groups (broad SMARTS) is 1. The van der Waals surface area contributed by atoms with Crippen molar-refractivity contribution in [1.29, 1.82) is 0 Å². The van der Waals surface area contributed by atoms with Gasteiger partial charge in [-0.3, -0.25) is 14.4 Å². The molecule has 0 saturated carbocycles. The lowest BCUT2D eigenvalue weighted by Gasteiger charge is -2.52. The van der Waals surface area contributed by atoms with Gasteiger partial charge in [0, 0.05) is 39.2 Å². The van der Waals surface area contributed by atoms with Crippen LogP contribution >= 0.6 is 22.6 Å². The minimum absolute atomic E-state index is 0.0234. The van der Waals surface area contributed by atoms with Crippen LogP contribution in [0.1, 0.15) is 141 Å². The number of esters is 1. The number of methoxy groups -OCH3 is 2. The predicted molar refractivity (Wildman–Crippen MR) is 280 cm³/mol. The van der Waals surface area contributed by atoms with Gasteiger partial charge in [-0.2, -0.15) is 0 Å². The van der Waals surface area contributed by atoms with E-state index in [1.165, 1.54) is 7.11 Å². The molecule has 0 amide bonds. The van der Waals surface area contributed by atoms with E-state index in [0.717, 1.165) is 0 Å². The lowest BCUT2D eigenvalue weighted by Crippen LogP contribution is -2.60. The first-order chi connectivity index (χ1) is 28.7. The molecule has 1 fully saturated rings. The molecule has 16 heteroatoms. The fourth-order valence-electron chi connectivity index (χ4n) is 7.17. The molecule has 0 aromatic heterocycles. The molecular weight excluding hydrogens is 992 g/mol. The van der Waals surface area contributed by atoms with Crippen LogP contribution in [0.25, 0.3) is 0 Å². The van der Waals surface area contributed by atoms with E-state index >= 15 is 0 Å². The van der Waals surface area contributed by atoms with Gasteiger partial charge in [0.1, 0.15) is 11.7 Å². The standard InChI is InChI=1S/C48H95IO11Si4/c1-24-37(42(51)52)38(59-63(20,21)46(8,9)10)30-34(50)26-25-27-36(58-62(18,19)45(5,6)7)32-48(55-15)33-40(60-64(22,23)47(11,12)13)41(43(53)54-14)39(56-48)31-35(28-29-49)57-61(16,17)44(2,3)4/h28-29,35-41H,24-27,30-33H2,1-23H3,(H,51,52)/b29-28+/t35-,36-,37+,38+,39-,40-,41-,48+/m0/s1. The maximum Gasteiger partial charge on any atom is 0.313 e. The number of aliphatic carboxylic acids is 1. The average molecular weight is 1090 g/mol. The van der Waals surface area contributed by atoms with Gasteiger partial charge in [-0.25, -0.2) is 0 Å². The Bertz CT molecular complexity index is 1540. The van der Waals surface area contributed by atoms with Crippen LogP contribution in [0.2, 0.25) is 72.5 Å². The molecule has 0 aliphatic carbocycles. The summed E-state index contributed by atoms with van der Waals surface area (Å²) in [7, 11) is -6.44. The summed E-state index contributed by atoms with van der Waals surface area (Å²) in [5.41, 5.74) is 0. The zero-order valence-corrected chi connectivity index (χ0v) is 50.9. The van der Waals surface area contributed by atoms with Gasteiger partial charge >= 0.3 is 11.9 Å². The van der Waals surface area contributed by atoms with Gasteiger partial charge in [0.15, 0.2) is 39.1 Å². The van der Waals surface area contributed by atoms with Crippen LogP contribution < -0.4 is 0 Å². The Hall–Kier alpha value is -0.292. The second-order valence-corrected chi connectivity index (χ2v) is 44.3. The van der Waals surface area contributed by atoms with Gasteiger partial charge in [0.25, 0.3) is 0 Å². The molecule has 376 valence electrons. The van der Waals surface area contributed by atoms with Gasteiger partial charge in [-0.1, -0.05) is 119 Å². The predicted octanol–water partition coefficient (Wildman–Crippen LogP) is 13.4. The van der Waals surface area contributed by atoms with Crippen LogP contribution in [0.4, 0.5) is 0 Å². The summed E-state index contributed by atoms with van der Waals surface area (Å²) in [6, 6.07) is 0. The van der Waals surface area contributed by atoms with E-state index in [1.807, 2.05) is 17.1 Å². The third kappa shape index (κ3) is 17.3. The van der Waals surface area contributed by atoms with E-state index in [9.17, 15) is 19.5 Å². The molecule has 0 spiro atoms. The topological polar surface area (TPSA) is 136 Å². The Morgan fingerprint density at radius 3 is 1.69 bits per heavy atom. The molecule has 1 heterocycles. The molecule has 0 aromatic carbocycles. The van der Waals surface area contributed by atoms with Crippen LogP contribution in [-0.2, 0) is 46.3 Å². The van der Waals surface area contributed by atoms with Gasteiger partial charge in [-0.15, -0.1) is 0 Å². The van der Waals surface area contributed by atoms with E-state index < -0.39 is 75.2 Å². The number of carboxylic acids is 1. The number of rotatable bonds is 24. The van der Waals surface area contributed by atoms with E-state index in [1.54, 1.807) is 7.11 Å². The summed E-state index contributed by atoms with van der Waals surface area (Å²) in [6.45, 7) is 45.6. The molecule has 1 aliphatic heterocycles. The smallest absolute Gasteiger partial charge is 0.313 e. The van der Waals surface area contributed by atoms with Crippen molar-refractivity contribution in [3.63, 3.8) is 0 Å². The van der Waals surface area contributed by atoms with Crippen molar-refractivity contribution in [1.82, 2.24) is 0 Å². The van der Waals surface area contributed by atoms with E-state index in [2.05, 4.69) is 158 Å². The minimum atomic E-state index is -2.47. The highest BCUT2D eigenvalue weighted by atomic mass is 127. The van der Waals surface area contributed by atoms with Crippen LogP contribution in [-0.4, -0.2) is 107 Å². The van der Waals surface area contributed by atoms with E-state index in [0.29, 0.717) is 32.1 Å². The highest BCUT2D eigenvalue weighted by Crippen LogP contribution is 2.48. The molecule has 11 nitrogen and oxygen atoms in total. The van der Waals surface area contributed by atoms with E-state index in [4.69, 9.17) is 31.9 Å². The zero-order valence-electron chi connectivity index (χ0n) is 44.8. The Morgan fingerprint density at radius 2 is 1.27 bits per heavy atom. The number of ketones is 1. The van der Waals surface area contributed by atoms with Crippen LogP contribution in [0.5, 0.6) is 0 Å². The van der Waals surface area contributed by atoms with Crippen LogP contribution in [0, 0.1) is 11.8 Å². The molecule has 0 aromatic rings. The monoisotopic (exact) mass is 1090 g/mol. The number of carbonyl (C=O) groups is 3. The number of hydrogen-bond acceptors (Lipinski definition) is 10. The third-order valence-corrected chi connectivity index (χ3v) is 33.9. The van der Waals surface area contributed by atoms with Gasteiger partial charge in [0.2, 0.25) is 0 Å². The van der Waals surface area contributed by atoms with Gasteiger partial charge in [0.05, 0.1) is 43.5 Å². The molecule has 0 bridgehead atoms. The molecule has 1 rings (SSSR count). The number of halogens is 1. The maximum absolute atomic E-state index is 14.1. The highest BCUT2D eigenvalue weighted by molar-refractivity contribution is 14.1. The van der Waals surface area contributed by atoms with Gasteiger partial charge < -0.3 is 37.0 Å². The first-order valence-electron chi connectivity index (χ1n) is 23.7. The lowest BCUT2D eigenvalue weighted by molar-refractivity contribution is -0.308. The summed E-state index contributed by atoms with van der Waals surface area (Å²) in [5, 5.41) is 9.73. The summed E-state index contributed by atoms with van der Waals surface area (Å²) < 4.78 is 49.5. The Morgan fingerprint density at radius 1 is 0.781 bits per heavy atom. The van der Waals surface area contributed by atoms with E-state index in [-0.39, 0.29) is 63.4 Å². The zero-order chi connectivity index (χ0) is 50.3. The Labute approximate surface area is 409 Å². The first-order valence-corrected chi connectivity index (χ1v) is 36.6. The van der Waals surface area contributed by atoms with Crippen molar-refractivity contribution in [3.8, 4) is 0 Å². The van der Waals surface area contributed by atoms with Crippen molar-refractivity contribution >= 4 is 73.6 Å². The molecule has 1 N–H and O–H groups in total. The van der Waals surface area contributed by atoms with Crippen molar-refractivity contribution in [2.24, 2.45) is 11.8 Å². The molecule has 64 heavy (non-hydrogen) atoms. The summed E-state index contributed by atoms with van der Waals surface area (Å²) in [5.74, 6) is -4.09. The lowest BCUT2D eigenvalue weighted by atomic mass is 9.82. The minimum Gasteiger partial charge on any atom is -0.481 e. The molecular formula is C48H95IO11Si4. The molecule has 0 unspecified atom stereocenters. The van der Waals surface area contributed by atoms with Crippen molar-refractivity contribution in [2.45, 2.75) is 250 Å². The summed E-state index contributed by atoms with van der Waals surface area (Å²) in [4.78, 5) is 40.4. The molecule has 1 saturated heterocycles. The van der Waals surface area contributed by atoms with Crippen molar-refractivity contribution < 1.29 is 51.4 Å². The molecule has 0 radical (unpaired) electrons. The largest absolute Gasteiger partial charge is 0.481 e. The van der Waals surface area contributed by atoms with Gasteiger partial charge in [-0.05, 0) is 95.9 Å². The first kappa shape index (κ1) is 61.7. The fraction of sp³-hybridized carbons (Fsp3) is 0.896. The fourth-order valence-corrected chi connectivity index (χ4v) is 13.0. The van der Waals surface area contributed by atoms with Crippen molar-refractivity contribution in [3.05, 3.63) is 10.2 Å². The van der Waals surface area contributed by atoms with Crippen LogP contribution in [0.15, 0.2) is 10.2 Å². The Kier molecular flexibility index (Phi) is 22.7. The Balaban J connectivity index is 3.86. The molecule has 1 aliphatic rings. The number of carbonyl (C=O) groups excluding carboxylic acids is 2. The normalized spacial score (nSPS) is 23.2. The third-order valence-electron chi connectivity index (χ3n) is 15.5. The SMILES string of the molecule is CC[C@@H](C(=O)O)[C@@H](CC(=O)CCC[C@@H](C[C@]1(OC)C[C@H](O[Si](C)(C)C(C)(C)C)[C@@H](C(=O)OC)[C@H](C[C@H](/C=C/I)O[Si](C)(C)C(C)(C)C)O1)O[Si](C)(C)C(C)(C)C)O[Si](C)(C)C(C)(C)C. The molecule has 8 atom stereocenters. The average Bonchev–Trinajstić information content (AvgIpc) is 3.08. The quantitative estimate of drug-likeness (QED) is 0.0562. The highest BCUT2D eigenvalue weighted by Gasteiger charge is 2.56. The number of ether oxygens (including phenoxy) is 3. The number of hydrogen-bond donors (Lipinski definition) is 1. The number of Topliss-reactive ketones (excluding diaryl/α,β-unsaturated/α-hetero) is 1. The van der Waals surface area contributed by atoms with Crippen molar-refractivity contribution in [2.75, 3.05) is 14.2 Å². The second-order valence-electron chi connectivity index (χ2n) is 24.5. The summed E-state index contributed by atoms with van der Waals surface area (Å²) >= 11 is 2.22. The summed E-state index contributed by atoms with van der Waals surface area (Å²) in [6.07, 6.45) is 2.10.